The summed E-state index contributed by atoms with van der Waals surface area (Å²) in [6, 6.07) is 13.7. The van der Waals surface area contributed by atoms with Crippen LogP contribution in [0.3, 0.4) is 0 Å². The molecular formula is C17H19BrFN. The summed E-state index contributed by atoms with van der Waals surface area (Å²) in [5, 5.41) is 3.31. The molecule has 0 aliphatic carbocycles. The van der Waals surface area contributed by atoms with Crippen LogP contribution >= 0.6 is 15.9 Å². The van der Waals surface area contributed by atoms with Crippen molar-refractivity contribution in [3.63, 3.8) is 0 Å². The van der Waals surface area contributed by atoms with Crippen LogP contribution in [0.5, 0.6) is 0 Å². The molecule has 3 heteroatoms. The lowest BCUT2D eigenvalue weighted by Crippen LogP contribution is -2.00. The van der Waals surface area contributed by atoms with Crippen LogP contribution in [0.2, 0.25) is 0 Å². The largest absolute Gasteiger partial charge is 0.381 e. The van der Waals surface area contributed by atoms with Crippen LogP contribution in [0.1, 0.15) is 37.3 Å². The maximum absolute atomic E-state index is 13.4. The minimum atomic E-state index is -0.226. The lowest BCUT2D eigenvalue weighted by molar-refractivity contribution is 0.619. The molecule has 0 heterocycles. The van der Waals surface area contributed by atoms with E-state index in [0.717, 1.165) is 17.7 Å². The van der Waals surface area contributed by atoms with Crippen molar-refractivity contribution in [2.45, 2.75) is 32.7 Å². The molecule has 1 unspecified atom stereocenters. The molecule has 0 spiro atoms. The van der Waals surface area contributed by atoms with E-state index in [1.54, 1.807) is 12.1 Å². The quantitative estimate of drug-likeness (QED) is 0.737. The molecule has 0 saturated heterocycles. The van der Waals surface area contributed by atoms with Crippen LogP contribution < -0.4 is 5.32 Å². The molecule has 1 atom stereocenters. The number of benzene rings is 2. The minimum absolute atomic E-state index is 0.226. The predicted molar refractivity (Wildman–Crippen MR) is 86.6 cm³/mol. The van der Waals surface area contributed by atoms with Crippen molar-refractivity contribution < 1.29 is 4.39 Å². The fourth-order valence-electron chi connectivity index (χ4n) is 2.02. The molecule has 20 heavy (non-hydrogen) atoms. The van der Waals surface area contributed by atoms with Gasteiger partial charge in [-0.3, -0.25) is 0 Å². The zero-order chi connectivity index (χ0) is 14.5. The van der Waals surface area contributed by atoms with E-state index in [2.05, 4.69) is 59.4 Å². The van der Waals surface area contributed by atoms with Gasteiger partial charge in [0.2, 0.25) is 0 Å². The number of nitrogens with one attached hydrogen (secondary N) is 1. The molecule has 1 nitrogen and oxygen atoms in total. The normalized spacial score (nSPS) is 12.2. The Morgan fingerprint density at radius 3 is 2.45 bits per heavy atom. The highest BCUT2D eigenvalue weighted by Gasteiger charge is 2.03. The standard InChI is InChI=1S/C17H19BrFN/c1-3-12(2)14-5-7-15(8-6-14)20-11-13-4-9-16(18)17(19)10-13/h4-10,12,20H,3,11H2,1-2H3. The van der Waals surface area contributed by atoms with Gasteiger partial charge in [0.25, 0.3) is 0 Å². The van der Waals surface area contributed by atoms with Gasteiger partial charge in [0.1, 0.15) is 5.82 Å². The topological polar surface area (TPSA) is 12.0 Å². The number of hydrogen-bond donors (Lipinski definition) is 1. The second-order valence-corrected chi connectivity index (χ2v) is 5.89. The summed E-state index contributed by atoms with van der Waals surface area (Å²) >= 11 is 3.16. The first-order valence-electron chi connectivity index (χ1n) is 6.88. The van der Waals surface area contributed by atoms with Crippen molar-refractivity contribution in [3.8, 4) is 0 Å². The van der Waals surface area contributed by atoms with Gasteiger partial charge in [0.15, 0.2) is 0 Å². The van der Waals surface area contributed by atoms with Crippen LogP contribution in [0.15, 0.2) is 46.9 Å². The van der Waals surface area contributed by atoms with Crippen LogP contribution in [-0.2, 0) is 6.54 Å². The summed E-state index contributed by atoms with van der Waals surface area (Å²) in [6.45, 7) is 5.04. The molecule has 0 amide bonds. The van der Waals surface area contributed by atoms with Gasteiger partial charge in [-0.2, -0.15) is 0 Å². The Morgan fingerprint density at radius 2 is 1.85 bits per heavy atom. The van der Waals surface area contributed by atoms with Crippen molar-refractivity contribution in [2.24, 2.45) is 0 Å². The Balaban J connectivity index is 1.98. The van der Waals surface area contributed by atoms with E-state index in [4.69, 9.17) is 0 Å². The molecule has 1 N–H and O–H groups in total. The number of anilines is 1. The third-order valence-corrected chi connectivity index (χ3v) is 4.22. The number of hydrogen-bond acceptors (Lipinski definition) is 1. The number of rotatable bonds is 5. The van der Waals surface area contributed by atoms with Crippen LogP contribution in [-0.4, -0.2) is 0 Å². The molecule has 2 aromatic carbocycles. The van der Waals surface area contributed by atoms with Crippen molar-refractivity contribution >= 4 is 21.6 Å². The third-order valence-electron chi connectivity index (χ3n) is 3.57. The van der Waals surface area contributed by atoms with E-state index in [0.29, 0.717) is 16.9 Å². The lowest BCUT2D eigenvalue weighted by Gasteiger charge is -2.11. The fourth-order valence-corrected chi connectivity index (χ4v) is 2.27. The maximum atomic E-state index is 13.4. The molecule has 0 fully saturated rings. The monoisotopic (exact) mass is 335 g/mol. The molecule has 0 aliphatic rings. The minimum Gasteiger partial charge on any atom is -0.381 e. The molecule has 106 valence electrons. The SMILES string of the molecule is CCC(C)c1ccc(NCc2ccc(Br)c(F)c2)cc1. The van der Waals surface area contributed by atoms with Crippen molar-refractivity contribution in [2.75, 3.05) is 5.32 Å². The Labute approximate surface area is 128 Å². The average Bonchev–Trinajstić information content (AvgIpc) is 2.48. The van der Waals surface area contributed by atoms with Crippen LogP contribution in [0, 0.1) is 5.82 Å². The van der Waals surface area contributed by atoms with E-state index in [1.165, 1.54) is 5.56 Å². The summed E-state index contributed by atoms with van der Waals surface area (Å²) in [7, 11) is 0. The molecule has 0 bridgehead atoms. The van der Waals surface area contributed by atoms with Gasteiger partial charge in [0, 0.05) is 12.2 Å². The van der Waals surface area contributed by atoms with Gasteiger partial charge >= 0.3 is 0 Å². The Kier molecular flexibility index (Phi) is 5.18. The predicted octanol–water partition coefficient (Wildman–Crippen LogP) is 5.71. The molecule has 0 radical (unpaired) electrons. The van der Waals surface area contributed by atoms with E-state index >= 15 is 0 Å². The van der Waals surface area contributed by atoms with E-state index in [1.807, 2.05) is 6.07 Å². The molecule has 2 aromatic rings. The van der Waals surface area contributed by atoms with Gasteiger partial charge in [0.05, 0.1) is 4.47 Å². The van der Waals surface area contributed by atoms with Gasteiger partial charge in [-0.05, 0) is 63.7 Å². The highest BCUT2D eigenvalue weighted by molar-refractivity contribution is 9.10. The van der Waals surface area contributed by atoms with Gasteiger partial charge < -0.3 is 5.32 Å². The van der Waals surface area contributed by atoms with Crippen LogP contribution in [0.25, 0.3) is 0 Å². The molecule has 0 saturated carbocycles. The first-order chi connectivity index (χ1) is 9.60. The zero-order valence-corrected chi connectivity index (χ0v) is 13.4. The summed E-state index contributed by atoms with van der Waals surface area (Å²) < 4.78 is 13.9. The average molecular weight is 336 g/mol. The van der Waals surface area contributed by atoms with Crippen molar-refractivity contribution in [1.82, 2.24) is 0 Å². The second kappa shape index (κ2) is 6.89. The number of halogens is 2. The zero-order valence-electron chi connectivity index (χ0n) is 11.8. The van der Waals surface area contributed by atoms with Crippen molar-refractivity contribution in [1.29, 1.82) is 0 Å². The summed E-state index contributed by atoms with van der Waals surface area (Å²) in [5.41, 5.74) is 3.34. The van der Waals surface area contributed by atoms with Gasteiger partial charge in [-0.1, -0.05) is 32.0 Å². The van der Waals surface area contributed by atoms with Gasteiger partial charge in [-0.25, -0.2) is 4.39 Å². The molecule has 2 rings (SSSR count). The highest BCUT2D eigenvalue weighted by Crippen LogP contribution is 2.21. The van der Waals surface area contributed by atoms with E-state index in [9.17, 15) is 4.39 Å². The second-order valence-electron chi connectivity index (χ2n) is 5.03. The summed E-state index contributed by atoms with van der Waals surface area (Å²) in [6.07, 6.45) is 1.14. The Hall–Kier alpha value is -1.35. The first-order valence-corrected chi connectivity index (χ1v) is 7.67. The molecule has 0 aromatic heterocycles. The Morgan fingerprint density at radius 1 is 1.15 bits per heavy atom. The summed E-state index contributed by atoms with van der Waals surface area (Å²) in [4.78, 5) is 0. The van der Waals surface area contributed by atoms with E-state index in [-0.39, 0.29) is 5.82 Å². The summed E-state index contributed by atoms with van der Waals surface area (Å²) in [5.74, 6) is 0.362. The smallest absolute Gasteiger partial charge is 0.137 e. The third kappa shape index (κ3) is 3.83. The highest BCUT2D eigenvalue weighted by atomic mass is 79.9. The first kappa shape index (κ1) is 15.0. The van der Waals surface area contributed by atoms with Gasteiger partial charge in [-0.15, -0.1) is 0 Å². The van der Waals surface area contributed by atoms with E-state index < -0.39 is 0 Å². The van der Waals surface area contributed by atoms with Crippen molar-refractivity contribution in [3.05, 3.63) is 63.9 Å². The lowest BCUT2D eigenvalue weighted by atomic mass is 9.99. The van der Waals surface area contributed by atoms with Crippen LogP contribution in [0.4, 0.5) is 10.1 Å². The molecule has 0 aliphatic heterocycles. The fraction of sp³-hybridized carbons (Fsp3) is 0.294. The molecular weight excluding hydrogens is 317 g/mol. The Bertz CT molecular complexity index is 566. The maximum Gasteiger partial charge on any atom is 0.137 e.